The van der Waals surface area contributed by atoms with Crippen LogP contribution in [-0.4, -0.2) is 22.8 Å². The monoisotopic (exact) mass is 246 g/mol. The van der Waals surface area contributed by atoms with Gasteiger partial charge < -0.3 is 5.11 Å². The highest BCUT2D eigenvalue weighted by Gasteiger charge is 2.22. The Bertz CT molecular complexity index is 382. The van der Waals surface area contributed by atoms with Gasteiger partial charge in [0.1, 0.15) is 5.60 Å². The summed E-state index contributed by atoms with van der Waals surface area (Å²) in [5, 5.41) is 13.0. The summed E-state index contributed by atoms with van der Waals surface area (Å²) >= 11 is 7.05. The van der Waals surface area contributed by atoms with Crippen LogP contribution in [0, 0.1) is 0 Å². The zero-order valence-corrected chi connectivity index (χ0v) is 9.89. The number of hydrogen-bond acceptors (Lipinski definition) is 4. The lowest BCUT2D eigenvalue weighted by Crippen LogP contribution is -2.39. The summed E-state index contributed by atoms with van der Waals surface area (Å²) in [4.78, 5) is 12.0. The predicted molar refractivity (Wildman–Crippen MR) is 61.4 cm³/mol. The lowest BCUT2D eigenvalue weighted by atomic mass is 10.1. The van der Waals surface area contributed by atoms with E-state index in [2.05, 4.69) is 10.5 Å². The van der Waals surface area contributed by atoms with Crippen molar-refractivity contribution >= 4 is 35.1 Å². The minimum absolute atomic E-state index is 0.554. The Balaban J connectivity index is 2.51. The van der Waals surface area contributed by atoms with Gasteiger partial charge in [0, 0.05) is 4.88 Å². The summed E-state index contributed by atoms with van der Waals surface area (Å²) in [5.74, 6) is -0.554. The SMILES string of the molecule is CC(C)(O)C(=O)N/N=C\c1ccc(Cl)s1. The molecule has 0 saturated heterocycles. The molecular formula is C9H11ClN2O2S. The average Bonchev–Trinajstić information content (AvgIpc) is 2.49. The number of hydrogen-bond donors (Lipinski definition) is 2. The molecule has 4 nitrogen and oxygen atoms in total. The van der Waals surface area contributed by atoms with Crippen LogP contribution in [0.4, 0.5) is 0 Å². The van der Waals surface area contributed by atoms with E-state index in [1.165, 1.54) is 31.4 Å². The topological polar surface area (TPSA) is 61.7 Å². The first-order valence-electron chi connectivity index (χ1n) is 4.21. The van der Waals surface area contributed by atoms with Crippen LogP contribution in [0.3, 0.4) is 0 Å². The van der Waals surface area contributed by atoms with Crippen LogP contribution in [0.2, 0.25) is 4.34 Å². The van der Waals surface area contributed by atoms with Crippen molar-refractivity contribution in [2.24, 2.45) is 5.10 Å². The number of nitrogens with one attached hydrogen (secondary N) is 1. The van der Waals surface area contributed by atoms with E-state index in [4.69, 9.17) is 11.6 Å². The van der Waals surface area contributed by atoms with Crippen LogP contribution in [0.5, 0.6) is 0 Å². The molecule has 0 aliphatic rings. The zero-order valence-electron chi connectivity index (χ0n) is 8.32. The molecule has 0 unspecified atom stereocenters. The second-order valence-corrected chi connectivity index (χ2v) is 5.15. The smallest absolute Gasteiger partial charge is 0.271 e. The maximum atomic E-state index is 11.2. The fourth-order valence-electron chi connectivity index (χ4n) is 0.689. The number of thiophene rings is 1. The predicted octanol–water partition coefficient (Wildman–Crippen LogP) is 1.62. The van der Waals surface area contributed by atoms with Crippen molar-refractivity contribution in [3.8, 4) is 0 Å². The van der Waals surface area contributed by atoms with Gasteiger partial charge in [-0.3, -0.25) is 4.79 Å². The first kappa shape index (κ1) is 12.2. The largest absolute Gasteiger partial charge is 0.381 e. The minimum atomic E-state index is -1.43. The molecule has 15 heavy (non-hydrogen) atoms. The molecule has 6 heteroatoms. The molecule has 0 aromatic carbocycles. The Hall–Kier alpha value is -0.910. The number of aliphatic hydroxyl groups is 1. The van der Waals surface area contributed by atoms with Crippen molar-refractivity contribution in [1.82, 2.24) is 5.43 Å². The molecule has 82 valence electrons. The Kier molecular flexibility index (Phi) is 3.84. The van der Waals surface area contributed by atoms with Crippen molar-refractivity contribution in [3.63, 3.8) is 0 Å². The van der Waals surface area contributed by atoms with Gasteiger partial charge in [-0.15, -0.1) is 11.3 Å². The van der Waals surface area contributed by atoms with E-state index < -0.39 is 11.5 Å². The quantitative estimate of drug-likeness (QED) is 0.629. The molecule has 0 radical (unpaired) electrons. The van der Waals surface area contributed by atoms with Gasteiger partial charge in [-0.25, -0.2) is 5.43 Å². The fourth-order valence-corrected chi connectivity index (χ4v) is 1.62. The van der Waals surface area contributed by atoms with E-state index >= 15 is 0 Å². The molecule has 0 aliphatic heterocycles. The molecule has 0 saturated carbocycles. The Labute approximate surface area is 96.6 Å². The summed E-state index contributed by atoms with van der Waals surface area (Å²) in [6, 6.07) is 3.53. The van der Waals surface area contributed by atoms with Gasteiger partial charge in [0.05, 0.1) is 10.6 Å². The normalized spacial score (nSPS) is 12.0. The molecule has 1 aromatic rings. The van der Waals surface area contributed by atoms with Crippen LogP contribution in [0.1, 0.15) is 18.7 Å². The van der Waals surface area contributed by atoms with E-state index in [1.807, 2.05) is 0 Å². The van der Waals surface area contributed by atoms with Gasteiger partial charge in [0.2, 0.25) is 0 Å². The third-order valence-electron chi connectivity index (χ3n) is 1.51. The van der Waals surface area contributed by atoms with Gasteiger partial charge >= 0.3 is 0 Å². The molecule has 0 fully saturated rings. The van der Waals surface area contributed by atoms with Crippen molar-refractivity contribution in [1.29, 1.82) is 0 Å². The second kappa shape index (κ2) is 4.74. The highest BCUT2D eigenvalue weighted by atomic mass is 35.5. The fraction of sp³-hybridized carbons (Fsp3) is 0.333. The van der Waals surface area contributed by atoms with Crippen LogP contribution in [-0.2, 0) is 4.79 Å². The molecule has 1 rings (SSSR count). The number of carbonyl (C=O) groups excluding carboxylic acids is 1. The van der Waals surface area contributed by atoms with E-state index in [9.17, 15) is 9.90 Å². The van der Waals surface area contributed by atoms with Crippen molar-refractivity contribution < 1.29 is 9.90 Å². The first-order valence-corrected chi connectivity index (χ1v) is 5.40. The van der Waals surface area contributed by atoms with E-state index in [1.54, 1.807) is 12.1 Å². The molecule has 0 spiro atoms. The number of amides is 1. The van der Waals surface area contributed by atoms with Gasteiger partial charge in [0.25, 0.3) is 5.91 Å². The van der Waals surface area contributed by atoms with Gasteiger partial charge in [-0.2, -0.15) is 5.10 Å². The lowest BCUT2D eigenvalue weighted by molar-refractivity contribution is -0.136. The highest BCUT2D eigenvalue weighted by molar-refractivity contribution is 7.17. The van der Waals surface area contributed by atoms with Gasteiger partial charge in [-0.05, 0) is 26.0 Å². The molecule has 1 heterocycles. The number of halogens is 1. The second-order valence-electron chi connectivity index (χ2n) is 3.40. The highest BCUT2D eigenvalue weighted by Crippen LogP contribution is 2.19. The molecular weight excluding hydrogens is 236 g/mol. The van der Waals surface area contributed by atoms with Gasteiger partial charge in [0.15, 0.2) is 0 Å². The maximum absolute atomic E-state index is 11.2. The Morgan fingerprint density at radius 2 is 2.33 bits per heavy atom. The molecule has 0 bridgehead atoms. The molecule has 1 aromatic heterocycles. The third kappa shape index (κ3) is 3.99. The summed E-state index contributed by atoms with van der Waals surface area (Å²) < 4.78 is 0.658. The van der Waals surface area contributed by atoms with Crippen LogP contribution >= 0.6 is 22.9 Å². The van der Waals surface area contributed by atoms with E-state index in [0.717, 1.165) is 4.88 Å². The molecule has 1 amide bonds. The summed E-state index contributed by atoms with van der Waals surface area (Å²) in [6.45, 7) is 2.78. The van der Waals surface area contributed by atoms with Crippen LogP contribution in [0.15, 0.2) is 17.2 Å². The number of hydrazone groups is 1. The Morgan fingerprint density at radius 1 is 1.67 bits per heavy atom. The molecule has 0 aliphatic carbocycles. The van der Waals surface area contributed by atoms with E-state index in [0.29, 0.717) is 4.34 Å². The van der Waals surface area contributed by atoms with Crippen molar-refractivity contribution in [3.05, 3.63) is 21.3 Å². The summed E-state index contributed by atoms with van der Waals surface area (Å²) in [6.07, 6.45) is 1.47. The van der Waals surface area contributed by atoms with Crippen molar-refractivity contribution in [2.75, 3.05) is 0 Å². The lowest BCUT2D eigenvalue weighted by Gasteiger charge is -2.13. The average molecular weight is 247 g/mol. The Morgan fingerprint density at radius 3 is 2.80 bits per heavy atom. The molecule has 2 N–H and O–H groups in total. The third-order valence-corrected chi connectivity index (χ3v) is 2.67. The van der Waals surface area contributed by atoms with E-state index in [-0.39, 0.29) is 0 Å². The first-order chi connectivity index (χ1) is 6.89. The van der Waals surface area contributed by atoms with Crippen LogP contribution in [0.25, 0.3) is 0 Å². The number of nitrogens with zero attached hydrogens (tertiary/aromatic N) is 1. The molecule has 0 atom stereocenters. The van der Waals surface area contributed by atoms with Gasteiger partial charge in [-0.1, -0.05) is 11.6 Å². The number of rotatable bonds is 3. The standard InChI is InChI=1S/C9H11ClN2O2S/c1-9(2,14)8(13)12-11-5-6-3-4-7(10)15-6/h3-5,14H,1-2H3,(H,12,13)/b11-5-. The summed E-state index contributed by atoms with van der Waals surface area (Å²) in [5.41, 5.74) is 0.798. The summed E-state index contributed by atoms with van der Waals surface area (Å²) in [7, 11) is 0. The maximum Gasteiger partial charge on any atom is 0.271 e. The van der Waals surface area contributed by atoms with Crippen LogP contribution < -0.4 is 5.43 Å². The van der Waals surface area contributed by atoms with Crippen molar-refractivity contribution in [2.45, 2.75) is 19.4 Å². The number of carbonyl (C=O) groups is 1. The zero-order chi connectivity index (χ0) is 11.5. The minimum Gasteiger partial charge on any atom is -0.381 e.